The molecule has 160 valence electrons. The average Bonchev–Trinajstić information content (AvgIpc) is 3.35. The number of hydrogen-bond donors (Lipinski definition) is 2. The molecule has 0 bridgehead atoms. The zero-order valence-electron chi connectivity index (χ0n) is 18.1. The maximum absolute atomic E-state index is 4.87. The van der Waals surface area contributed by atoms with Gasteiger partial charge in [0.25, 0.3) is 0 Å². The van der Waals surface area contributed by atoms with E-state index in [0.29, 0.717) is 18.0 Å². The Morgan fingerprint density at radius 2 is 1.86 bits per heavy atom. The first-order valence-electron chi connectivity index (χ1n) is 10.9. The molecule has 0 aromatic carbocycles. The monoisotopic (exact) mass is 502 g/mol. The van der Waals surface area contributed by atoms with Crippen molar-refractivity contribution >= 4 is 29.9 Å². The molecule has 2 aliphatic rings. The second-order valence-corrected chi connectivity index (χ2v) is 9.17. The topological polar surface area (TPSA) is 67.1 Å². The third-order valence-corrected chi connectivity index (χ3v) is 6.39. The molecule has 0 radical (unpaired) electrons. The summed E-state index contributed by atoms with van der Waals surface area (Å²) < 4.78 is 2.02. The molecular weight excluding hydrogens is 463 g/mol. The maximum atomic E-state index is 4.87. The zero-order chi connectivity index (χ0) is 19.3. The Morgan fingerprint density at radius 1 is 1.18 bits per heavy atom. The van der Waals surface area contributed by atoms with Gasteiger partial charge in [0.2, 0.25) is 0 Å². The zero-order valence-corrected chi connectivity index (χ0v) is 20.5. The molecule has 2 aliphatic carbocycles. The van der Waals surface area contributed by atoms with Gasteiger partial charge in [-0.3, -0.25) is 0 Å². The van der Waals surface area contributed by atoms with Crippen molar-refractivity contribution in [1.29, 1.82) is 0 Å². The van der Waals surface area contributed by atoms with Crippen LogP contribution in [0.25, 0.3) is 0 Å². The van der Waals surface area contributed by atoms with Gasteiger partial charge in [-0.1, -0.05) is 39.5 Å². The second-order valence-electron chi connectivity index (χ2n) is 9.17. The fourth-order valence-corrected chi connectivity index (χ4v) is 4.87. The fraction of sp³-hybridized carbons (Fsp3) is 0.857. The Hall–Kier alpha value is -0.860. The lowest BCUT2D eigenvalue weighted by molar-refractivity contribution is 0.234. The van der Waals surface area contributed by atoms with E-state index in [1.165, 1.54) is 57.8 Å². The highest BCUT2D eigenvalue weighted by Gasteiger charge is 2.34. The van der Waals surface area contributed by atoms with Crippen LogP contribution < -0.4 is 10.6 Å². The molecule has 1 aromatic rings. The number of nitrogens with one attached hydrogen (secondary N) is 2. The summed E-state index contributed by atoms with van der Waals surface area (Å²) in [6.07, 6.45) is 11.9. The predicted octanol–water partition coefficient (Wildman–Crippen LogP) is 4.33. The Balaban J connectivity index is 0.00000280. The normalized spacial score (nSPS) is 19.8. The fourth-order valence-electron chi connectivity index (χ4n) is 4.87. The second kappa shape index (κ2) is 10.8. The van der Waals surface area contributed by atoms with E-state index in [1.54, 1.807) is 0 Å². The van der Waals surface area contributed by atoms with Crippen LogP contribution in [0.1, 0.15) is 83.3 Å². The number of guanidine groups is 1. The molecule has 1 aromatic heterocycles. The molecule has 28 heavy (non-hydrogen) atoms. The Labute approximate surface area is 187 Å². The molecule has 0 spiro atoms. The molecule has 2 fully saturated rings. The van der Waals surface area contributed by atoms with Gasteiger partial charge in [-0.05, 0) is 50.4 Å². The quantitative estimate of drug-likeness (QED) is 0.331. The summed E-state index contributed by atoms with van der Waals surface area (Å²) in [6.45, 7) is 8.27. The number of nitrogens with zero attached hydrogens (tertiary/aromatic N) is 4. The maximum Gasteiger partial charge on any atom is 0.191 e. The number of aromatic nitrogens is 3. The molecule has 0 amide bonds. The van der Waals surface area contributed by atoms with Gasteiger partial charge in [-0.2, -0.15) is 0 Å². The third-order valence-electron chi connectivity index (χ3n) is 6.39. The molecule has 0 aliphatic heterocycles. The van der Waals surface area contributed by atoms with Crippen LogP contribution in [0, 0.1) is 18.3 Å². The Bertz CT molecular complexity index is 627. The van der Waals surface area contributed by atoms with Gasteiger partial charge >= 0.3 is 0 Å². The number of aliphatic imine (C=N–C) groups is 1. The average molecular weight is 502 g/mol. The van der Waals surface area contributed by atoms with E-state index in [1.807, 2.05) is 18.5 Å². The summed E-state index contributed by atoms with van der Waals surface area (Å²) in [6, 6.07) is 0.558. The lowest BCUT2D eigenvalue weighted by Gasteiger charge is -2.32. The van der Waals surface area contributed by atoms with E-state index in [4.69, 9.17) is 4.99 Å². The number of aryl methyl sites for hydroxylation is 1. The van der Waals surface area contributed by atoms with Gasteiger partial charge in [-0.25, -0.2) is 4.99 Å². The number of hydrogen-bond acceptors (Lipinski definition) is 3. The number of rotatable bonds is 7. The Morgan fingerprint density at radius 3 is 2.43 bits per heavy atom. The highest BCUT2D eigenvalue weighted by atomic mass is 127. The van der Waals surface area contributed by atoms with E-state index >= 15 is 0 Å². The standard InChI is InChI=1S/C21H38N6.HI/c1-16(2)13-21(11-7-8-12-21)15-23-20(24-18-9-5-6-10-18)22-14-19-26-25-17(3)27(19)4;/h16,18H,5-15H2,1-4H3,(H2,22,23,24);1H. The van der Waals surface area contributed by atoms with Gasteiger partial charge in [0, 0.05) is 19.6 Å². The lowest BCUT2D eigenvalue weighted by atomic mass is 9.78. The van der Waals surface area contributed by atoms with Crippen LogP contribution in [0.5, 0.6) is 0 Å². The molecule has 0 saturated heterocycles. The smallest absolute Gasteiger partial charge is 0.191 e. The van der Waals surface area contributed by atoms with E-state index < -0.39 is 0 Å². The molecule has 2 N–H and O–H groups in total. The van der Waals surface area contributed by atoms with Crippen molar-refractivity contribution in [2.24, 2.45) is 23.4 Å². The third kappa shape index (κ3) is 6.32. The van der Waals surface area contributed by atoms with Crippen LogP contribution in [-0.4, -0.2) is 33.3 Å². The summed E-state index contributed by atoms with van der Waals surface area (Å²) in [4.78, 5) is 4.87. The van der Waals surface area contributed by atoms with Crippen LogP contribution in [0.3, 0.4) is 0 Å². The minimum atomic E-state index is 0. The summed E-state index contributed by atoms with van der Waals surface area (Å²) in [5.74, 6) is 3.55. The highest BCUT2D eigenvalue weighted by Crippen LogP contribution is 2.42. The molecule has 6 nitrogen and oxygen atoms in total. The van der Waals surface area contributed by atoms with E-state index in [2.05, 4.69) is 34.7 Å². The van der Waals surface area contributed by atoms with Gasteiger partial charge in [0.05, 0.1) is 0 Å². The minimum Gasteiger partial charge on any atom is -0.356 e. The molecule has 3 rings (SSSR count). The first kappa shape index (κ1) is 23.4. The molecule has 0 unspecified atom stereocenters. The van der Waals surface area contributed by atoms with E-state index in [9.17, 15) is 0 Å². The van der Waals surface area contributed by atoms with Crippen LogP contribution in [-0.2, 0) is 13.6 Å². The first-order valence-corrected chi connectivity index (χ1v) is 10.9. The summed E-state index contributed by atoms with van der Waals surface area (Å²) in [5, 5.41) is 15.8. The van der Waals surface area contributed by atoms with Crippen molar-refractivity contribution in [3.63, 3.8) is 0 Å². The van der Waals surface area contributed by atoms with Crippen molar-refractivity contribution < 1.29 is 0 Å². The largest absolute Gasteiger partial charge is 0.356 e. The van der Waals surface area contributed by atoms with Crippen molar-refractivity contribution in [3.8, 4) is 0 Å². The summed E-state index contributed by atoms with van der Waals surface area (Å²) in [5.41, 5.74) is 0.438. The van der Waals surface area contributed by atoms with Gasteiger partial charge in [-0.15, -0.1) is 34.2 Å². The molecule has 2 saturated carbocycles. The number of halogens is 1. The first-order chi connectivity index (χ1) is 13.0. The predicted molar refractivity (Wildman–Crippen MR) is 126 cm³/mol. The molecular formula is C21H39IN6. The lowest BCUT2D eigenvalue weighted by Crippen LogP contribution is -2.46. The van der Waals surface area contributed by atoms with Crippen molar-refractivity contribution in [2.45, 2.75) is 91.1 Å². The minimum absolute atomic E-state index is 0. The van der Waals surface area contributed by atoms with Gasteiger partial charge in [0.15, 0.2) is 11.8 Å². The van der Waals surface area contributed by atoms with E-state index in [0.717, 1.165) is 30.1 Å². The van der Waals surface area contributed by atoms with Crippen molar-refractivity contribution in [3.05, 3.63) is 11.6 Å². The van der Waals surface area contributed by atoms with Crippen LogP contribution >= 0.6 is 24.0 Å². The van der Waals surface area contributed by atoms with Crippen LogP contribution in [0.4, 0.5) is 0 Å². The SMILES string of the molecule is Cc1nnc(CN=C(NCC2(CC(C)C)CCCC2)NC2CCCC2)n1C.I. The van der Waals surface area contributed by atoms with Gasteiger partial charge < -0.3 is 15.2 Å². The summed E-state index contributed by atoms with van der Waals surface area (Å²) >= 11 is 0. The molecule has 0 atom stereocenters. The van der Waals surface area contributed by atoms with Crippen LogP contribution in [0.2, 0.25) is 0 Å². The van der Waals surface area contributed by atoms with Crippen molar-refractivity contribution in [2.75, 3.05) is 6.54 Å². The van der Waals surface area contributed by atoms with E-state index in [-0.39, 0.29) is 24.0 Å². The molecule has 1 heterocycles. The Kier molecular flexibility index (Phi) is 9.02. The molecule has 7 heteroatoms. The highest BCUT2D eigenvalue weighted by molar-refractivity contribution is 14.0. The van der Waals surface area contributed by atoms with Crippen molar-refractivity contribution in [1.82, 2.24) is 25.4 Å². The van der Waals surface area contributed by atoms with Crippen LogP contribution in [0.15, 0.2) is 4.99 Å². The van der Waals surface area contributed by atoms with Gasteiger partial charge in [0.1, 0.15) is 12.4 Å². The summed E-state index contributed by atoms with van der Waals surface area (Å²) in [7, 11) is 2.01.